The van der Waals surface area contributed by atoms with Crippen LogP contribution in [-0.4, -0.2) is 11.1 Å². The van der Waals surface area contributed by atoms with Gasteiger partial charge < -0.3 is 8.17 Å². The zero-order valence-electron chi connectivity index (χ0n) is 6.46. The summed E-state index contributed by atoms with van der Waals surface area (Å²) in [5, 5.41) is 8.60. The first kappa shape index (κ1) is 10.8. The minimum Gasteiger partial charge on any atom is -0.481 e. The van der Waals surface area contributed by atoms with E-state index in [2.05, 4.69) is 15.9 Å². The molecule has 0 amide bonds. The summed E-state index contributed by atoms with van der Waals surface area (Å²) in [7, 11) is 0. The Bertz CT molecular complexity index is 327. The number of hydrogen-bond acceptors (Lipinski definition) is 2. The lowest BCUT2D eigenvalue weighted by Gasteiger charge is -2.04. The predicted molar refractivity (Wildman–Crippen MR) is 60.1 cm³/mol. The summed E-state index contributed by atoms with van der Waals surface area (Å²) in [6.45, 7) is 0. The Morgan fingerprint density at radius 3 is 2.85 bits per heavy atom. The van der Waals surface area contributed by atoms with Crippen molar-refractivity contribution in [3.05, 3.63) is 28.2 Å². The van der Waals surface area contributed by atoms with Crippen LogP contribution in [0.5, 0.6) is 5.75 Å². The van der Waals surface area contributed by atoms with Gasteiger partial charge in [0.25, 0.3) is 0 Å². The van der Waals surface area contributed by atoms with Gasteiger partial charge in [0.05, 0.1) is 6.42 Å². The maximum Gasteiger partial charge on any atom is 0.307 e. The third-order valence-corrected chi connectivity index (χ3v) is 2.42. The normalized spacial score (nSPS) is 9.69. The molecule has 1 aromatic rings. The summed E-state index contributed by atoms with van der Waals surface area (Å²) in [6.07, 6.45) is -0.0300. The van der Waals surface area contributed by atoms with Gasteiger partial charge in [-0.25, -0.2) is 0 Å². The third-order valence-electron chi connectivity index (χ3n) is 1.45. The lowest BCUT2D eigenvalue weighted by molar-refractivity contribution is -0.136. The number of halogens is 2. The topological polar surface area (TPSA) is 46.5 Å². The highest BCUT2D eigenvalue weighted by Crippen LogP contribution is 2.25. The van der Waals surface area contributed by atoms with Crippen molar-refractivity contribution in [3.8, 4) is 5.75 Å². The number of carboxylic acids is 1. The lowest BCUT2D eigenvalue weighted by atomic mass is 10.1. The second kappa shape index (κ2) is 4.80. The van der Waals surface area contributed by atoms with E-state index in [1.54, 1.807) is 41.2 Å². The molecule has 70 valence electrons. The van der Waals surface area contributed by atoms with Crippen molar-refractivity contribution in [2.24, 2.45) is 0 Å². The second-order valence-corrected chi connectivity index (χ2v) is 3.76. The molecule has 3 nitrogen and oxygen atoms in total. The number of carbonyl (C=O) groups is 1. The summed E-state index contributed by atoms with van der Waals surface area (Å²) < 4.78 is 5.84. The smallest absolute Gasteiger partial charge is 0.307 e. The van der Waals surface area contributed by atoms with E-state index in [1.165, 1.54) is 0 Å². The van der Waals surface area contributed by atoms with Crippen LogP contribution in [0, 0.1) is 0 Å². The van der Waals surface area contributed by atoms with Crippen LogP contribution >= 0.6 is 38.9 Å². The predicted octanol–water partition coefficient (Wildman–Crippen LogP) is 2.81. The number of aliphatic carboxylic acids is 1. The molecule has 0 bridgehead atoms. The van der Waals surface area contributed by atoms with E-state index in [1.807, 2.05) is 0 Å². The molecule has 0 aliphatic rings. The monoisotopic (exact) mass is 356 g/mol. The number of carboxylic acid groups (broad SMARTS) is 1. The molecule has 1 N–H and O–H groups in total. The molecule has 1 rings (SSSR count). The Labute approximate surface area is 97.9 Å². The fourth-order valence-electron chi connectivity index (χ4n) is 0.924. The number of benzene rings is 1. The molecule has 0 aliphatic heterocycles. The molecule has 0 atom stereocenters. The Balaban J connectivity index is 3.01. The average Bonchev–Trinajstić information content (AvgIpc) is 2.03. The largest absolute Gasteiger partial charge is 0.481 e. The maximum atomic E-state index is 10.5. The molecule has 0 spiro atoms. The van der Waals surface area contributed by atoms with E-state index >= 15 is 0 Å². The quantitative estimate of drug-likeness (QED) is 0.847. The molecule has 5 heteroatoms. The molecule has 0 aromatic heterocycles. The highest BCUT2D eigenvalue weighted by atomic mass is 127. The zero-order valence-corrected chi connectivity index (χ0v) is 10.2. The van der Waals surface area contributed by atoms with Crippen LogP contribution in [0.1, 0.15) is 5.56 Å². The molecule has 0 unspecified atom stereocenters. The zero-order chi connectivity index (χ0) is 9.84. The number of hydrogen-bond donors (Lipinski definition) is 1. The van der Waals surface area contributed by atoms with Crippen molar-refractivity contribution in [3.63, 3.8) is 0 Å². The Kier molecular flexibility index (Phi) is 3.98. The fraction of sp³-hybridized carbons (Fsp3) is 0.125. The van der Waals surface area contributed by atoms with Crippen molar-refractivity contribution < 1.29 is 13.0 Å². The SMILES string of the molecule is O=C(O)Cc1cc(Br)ccc1OI. The van der Waals surface area contributed by atoms with E-state index in [0.29, 0.717) is 11.3 Å². The van der Waals surface area contributed by atoms with Gasteiger partial charge in [-0.15, -0.1) is 0 Å². The highest BCUT2D eigenvalue weighted by molar-refractivity contribution is 14.1. The average molecular weight is 357 g/mol. The van der Waals surface area contributed by atoms with Crippen LogP contribution in [0.3, 0.4) is 0 Å². The molecular formula is C8H6BrIO3. The second-order valence-electron chi connectivity index (χ2n) is 2.40. The van der Waals surface area contributed by atoms with Gasteiger partial charge >= 0.3 is 5.97 Å². The molecular weight excluding hydrogens is 351 g/mol. The van der Waals surface area contributed by atoms with Crippen molar-refractivity contribution >= 4 is 44.9 Å². The Morgan fingerprint density at radius 2 is 2.31 bits per heavy atom. The number of rotatable bonds is 3. The summed E-state index contributed by atoms with van der Waals surface area (Å²) in [5.74, 6) is -0.279. The minimum absolute atomic E-state index is 0.0300. The fourth-order valence-corrected chi connectivity index (χ4v) is 1.76. The van der Waals surface area contributed by atoms with Crippen LogP contribution in [-0.2, 0) is 11.2 Å². The molecule has 0 saturated heterocycles. The molecule has 13 heavy (non-hydrogen) atoms. The van der Waals surface area contributed by atoms with Crippen molar-refractivity contribution in [1.29, 1.82) is 0 Å². The van der Waals surface area contributed by atoms with E-state index in [-0.39, 0.29) is 6.42 Å². The summed E-state index contributed by atoms with van der Waals surface area (Å²) in [6, 6.07) is 5.27. The Morgan fingerprint density at radius 1 is 1.62 bits per heavy atom. The van der Waals surface area contributed by atoms with Gasteiger partial charge in [-0.1, -0.05) is 15.9 Å². The molecule has 0 saturated carbocycles. The van der Waals surface area contributed by atoms with E-state index in [9.17, 15) is 4.79 Å². The van der Waals surface area contributed by atoms with Gasteiger partial charge in [0.1, 0.15) is 5.75 Å². The third kappa shape index (κ3) is 3.15. The van der Waals surface area contributed by atoms with Gasteiger partial charge in [0.15, 0.2) is 23.0 Å². The Hall–Kier alpha value is -0.300. The van der Waals surface area contributed by atoms with Crippen molar-refractivity contribution in [2.75, 3.05) is 0 Å². The molecule has 0 radical (unpaired) electrons. The first-order valence-electron chi connectivity index (χ1n) is 3.42. The van der Waals surface area contributed by atoms with Crippen molar-refractivity contribution in [1.82, 2.24) is 0 Å². The molecule has 0 fully saturated rings. The summed E-state index contributed by atoms with van der Waals surface area (Å²) in [5.41, 5.74) is 0.663. The summed E-state index contributed by atoms with van der Waals surface area (Å²) >= 11 is 4.99. The lowest BCUT2D eigenvalue weighted by Crippen LogP contribution is -2.01. The van der Waals surface area contributed by atoms with Crippen LogP contribution in [0.4, 0.5) is 0 Å². The van der Waals surface area contributed by atoms with Gasteiger partial charge in [0, 0.05) is 10.0 Å². The molecule has 1 aromatic carbocycles. The van der Waals surface area contributed by atoms with Gasteiger partial charge in [0.2, 0.25) is 0 Å². The minimum atomic E-state index is -0.868. The summed E-state index contributed by atoms with van der Waals surface area (Å²) in [4.78, 5) is 10.5. The van der Waals surface area contributed by atoms with E-state index in [0.717, 1.165) is 4.47 Å². The van der Waals surface area contributed by atoms with Crippen LogP contribution in [0.25, 0.3) is 0 Å². The van der Waals surface area contributed by atoms with Gasteiger partial charge in [-0.3, -0.25) is 4.79 Å². The molecule has 0 aliphatic carbocycles. The van der Waals surface area contributed by atoms with E-state index < -0.39 is 5.97 Å². The standard InChI is InChI=1S/C8H6BrIO3/c9-6-1-2-7(13-10)5(3-6)4-8(11)12/h1-3H,4H2,(H,11,12). The van der Waals surface area contributed by atoms with Crippen LogP contribution in [0.15, 0.2) is 22.7 Å². The van der Waals surface area contributed by atoms with Gasteiger partial charge in [-0.2, -0.15) is 0 Å². The molecule has 0 heterocycles. The van der Waals surface area contributed by atoms with Gasteiger partial charge in [-0.05, 0) is 18.2 Å². The van der Waals surface area contributed by atoms with E-state index in [4.69, 9.17) is 8.17 Å². The van der Waals surface area contributed by atoms with Crippen molar-refractivity contribution in [2.45, 2.75) is 6.42 Å². The first-order valence-corrected chi connectivity index (χ1v) is 5.09. The van der Waals surface area contributed by atoms with Crippen LogP contribution in [0.2, 0.25) is 0 Å². The van der Waals surface area contributed by atoms with Crippen LogP contribution < -0.4 is 3.07 Å². The highest BCUT2D eigenvalue weighted by Gasteiger charge is 2.07. The first-order chi connectivity index (χ1) is 6.13. The maximum absolute atomic E-state index is 10.5.